The van der Waals surface area contributed by atoms with Gasteiger partial charge in [-0.3, -0.25) is 0 Å². The number of pyridine rings is 1. The number of anilines is 1. The zero-order valence-corrected chi connectivity index (χ0v) is 8.35. The standard InChI is InChI=1S/C8H11AsN2/c10-8-5-7(3-4-11-8)9-6-1-2-6/h3-6,9H,1-2H2,(H2,10,11). The Bertz CT molecular complexity index is 258. The summed E-state index contributed by atoms with van der Waals surface area (Å²) in [5.41, 5.74) is 5.56. The van der Waals surface area contributed by atoms with Crippen LogP contribution in [0.4, 0.5) is 5.82 Å². The number of aromatic nitrogens is 1. The van der Waals surface area contributed by atoms with Crippen molar-refractivity contribution in [2.75, 3.05) is 5.73 Å². The van der Waals surface area contributed by atoms with Gasteiger partial charge in [0.15, 0.2) is 0 Å². The summed E-state index contributed by atoms with van der Waals surface area (Å²) in [6.45, 7) is 0. The average molecular weight is 210 g/mol. The summed E-state index contributed by atoms with van der Waals surface area (Å²) in [6, 6.07) is 4.13. The van der Waals surface area contributed by atoms with E-state index in [0.717, 1.165) is 4.71 Å². The van der Waals surface area contributed by atoms with Crippen molar-refractivity contribution in [1.82, 2.24) is 4.98 Å². The fourth-order valence-corrected chi connectivity index (χ4v) is 3.79. The molecule has 0 bridgehead atoms. The number of nitrogens with two attached hydrogens (primary N) is 1. The second kappa shape index (κ2) is 2.86. The van der Waals surface area contributed by atoms with Crippen LogP contribution in [-0.2, 0) is 0 Å². The topological polar surface area (TPSA) is 38.9 Å². The third-order valence-corrected chi connectivity index (χ3v) is 5.15. The van der Waals surface area contributed by atoms with E-state index >= 15 is 0 Å². The van der Waals surface area contributed by atoms with Gasteiger partial charge in [-0.05, 0) is 0 Å². The molecular weight excluding hydrogens is 199 g/mol. The summed E-state index contributed by atoms with van der Waals surface area (Å²) in [5.74, 6) is 0.673. The molecule has 1 heterocycles. The Balaban J connectivity index is 2.10. The quantitative estimate of drug-likeness (QED) is 0.713. The number of hydrogen-bond acceptors (Lipinski definition) is 2. The fraction of sp³-hybridized carbons (Fsp3) is 0.375. The maximum absolute atomic E-state index is 5.56. The maximum atomic E-state index is 5.56. The van der Waals surface area contributed by atoms with Gasteiger partial charge in [0.25, 0.3) is 0 Å². The molecule has 1 fully saturated rings. The van der Waals surface area contributed by atoms with Gasteiger partial charge in [-0.2, -0.15) is 0 Å². The molecule has 1 saturated carbocycles. The SMILES string of the molecule is Nc1cc([AsH]C2CC2)ccn1. The van der Waals surface area contributed by atoms with Gasteiger partial charge < -0.3 is 0 Å². The van der Waals surface area contributed by atoms with Crippen LogP contribution >= 0.6 is 0 Å². The van der Waals surface area contributed by atoms with Crippen LogP contribution in [0.25, 0.3) is 0 Å². The first kappa shape index (κ1) is 7.17. The van der Waals surface area contributed by atoms with Crippen LogP contribution in [0.5, 0.6) is 0 Å². The molecule has 0 aromatic carbocycles. The third-order valence-electron chi connectivity index (χ3n) is 1.73. The molecule has 3 heteroatoms. The van der Waals surface area contributed by atoms with Gasteiger partial charge >= 0.3 is 72.5 Å². The number of hydrogen-bond donors (Lipinski definition) is 1. The van der Waals surface area contributed by atoms with Gasteiger partial charge in [0.05, 0.1) is 0 Å². The van der Waals surface area contributed by atoms with Crippen LogP contribution in [0.1, 0.15) is 12.8 Å². The van der Waals surface area contributed by atoms with Crippen molar-refractivity contribution in [1.29, 1.82) is 0 Å². The fourth-order valence-electron chi connectivity index (χ4n) is 1.00. The molecule has 1 aromatic heterocycles. The molecule has 2 nitrogen and oxygen atoms in total. The van der Waals surface area contributed by atoms with Gasteiger partial charge in [0, 0.05) is 0 Å². The predicted molar refractivity (Wildman–Crippen MR) is 48.4 cm³/mol. The van der Waals surface area contributed by atoms with E-state index in [1.807, 2.05) is 12.3 Å². The minimum absolute atomic E-state index is 0.112. The molecule has 2 rings (SSSR count). The molecular formula is C8H11AsN2. The Kier molecular flexibility index (Phi) is 1.87. The van der Waals surface area contributed by atoms with Crippen LogP contribution < -0.4 is 10.1 Å². The summed E-state index contributed by atoms with van der Waals surface area (Å²) in [5, 5.41) is 0. The predicted octanol–water partition coefficient (Wildman–Crippen LogP) is 0.308. The van der Waals surface area contributed by atoms with Gasteiger partial charge in [0.1, 0.15) is 0 Å². The molecule has 1 atom stereocenters. The Morgan fingerprint density at radius 1 is 1.55 bits per heavy atom. The van der Waals surface area contributed by atoms with E-state index in [9.17, 15) is 0 Å². The van der Waals surface area contributed by atoms with E-state index in [0.29, 0.717) is 5.82 Å². The van der Waals surface area contributed by atoms with E-state index in [-0.39, 0.29) is 15.8 Å². The molecule has 1 aliphatic carbocycles. The van der Waals surface area contributed by atoms with Crippen LogP contribution in [0.2, 0.25) is 4.71 Å². The van der Waals surface area contributed by atoms with Crippen molar-refractivity contribution in [2.24, 2.45) is 0 Å². The first-order valence-corrected chi connectivity index (χ1v) is 6.09. The number of nitrogens with zero attached hydrogens (tertiary/aromatic N) is 1. The van der Waals surface area contributed by atoms with E-state index < -0.39 is 0 Å². The van der Waals surface area contributed by atoms with Gasteiger partial charge in [0.2, 0.25) is 0 Å². The molecule has 0 spiro atoms. The van der Waals surface area contributed by atoms with Crippen molar-refractivity contribution < 1.29 is 0 Å². The molecule has 2 N–H and O–H groups in total. The summed E-state index contributed by atoms with van der Waals surface area (Å²) >= 11 is 0.112. The Morgan fingerprint density at radius 3 is 3.00 bits per heavy atom. The number of nitrogen functional groups attached to an aromatic ring is 1. The first-order chi connectivity index (χ1) is 5.34. The average Bonchev–Trinajstić information content (AvgIpc) is 2.71. The van der Waals surface area contributed by atoms with Crippen LogP contribution in [0.3, 0.4) is 0 Å². The zero-order chi connectivity index (χ0) is 7.68. The molecule has 0 aliphatic heterocycles. The molecule has 0 radical (unpaired) electrons. The normalized spacial score (nSPS) is 17.8. The van der Waals surface area contributed by atoms with Crippen molar-refractivity contribution >= 4 is 25.9 Å². The summed E-state index contributed by atoms with van der Waals surface area (Å²) in [7, 11) is 0. The second-order valence-electron chi connectivity index (χ2n) is 2.89. The van der Waals surface area contributed by atoms with Crippen molar-refractivity contribution in [2.45, 2.75) is 17.5 Å². The molecule has 0 saturated heterocycles. The van der Waals surface area contributed by atoms with Crippen molar-refractivity contribution in [3.8, 4) is 0 Å². The molecule has 1 aliphatic rings. The van der Waals surface area contributed by atoms with E-state index in [1.165, 1.54) is 17.2 Å². The monoisotopic (exact) mass is 210 g/mol. The minimum atomic E-state index is 0.112. The van der Waals surface area contributed by atoms with Gasteiger partial charge in [-0.1, -0.05) is 0 Å². The summed E-state index contributed by atoms with van der Waals surface area (Å²) in [6.07, 6.45) is 4.71. The van der Waals surface area contributed by atoms with Crippen LogP contribution in [-0.4, -0.2) is 20.7 Å². The number of rotatable bonds is 2. The Hall–Kier alpha value is -0.492. The molecule has 0 amide bonds. The van der Waals surface area contributed by atoms with E-state index in [1.54, 1.807) is 0 Å². The molecule has 58 valence electrons. The molecule has 1 unspecified atom stereocenters. The summed E-state index contributed by atoms with van der Waals surface area (Å²) < 4.78 is 2.51. The second-order valence-corrected chi connectivity index (χ2v) is 6.42. The third kappa shape index (κ3) is 1.97. The first-order valence-electron chi connectivity index (χ1n) is 3.83. The summed E-state index contributed by atoms with van der Waals surface area (Å²) in [4.78, 5) is 3.97. The molecule has 11 heavy (non-hydrogen) atoms. The van der Waals surface area contributed by atoms with Crippen LogP contribution in [0.15, 0.2) is 18.3 Å². The van der Waals surface area contributed by atoms with Crippen molar-refractivity contribution in [3.63, 3.8) is 0 Å². The van der Waals surface area contributed by atoms with E-state index in [4.69, 9.17) is 5.73 Å². The Morgan fingerprint density at radius 2 is 2.36 bits per heavy atom. The van der Waals surface area contributed by atoms with Gasteiger partial charge in [-0.15, -0.1) is 0 Å². The van der Waals surface area contributed by atoms with E-state index in [2.05, 4.69) is 11.1 Å². The van der Waals surface area contributed by atoms with Crippen LogP contribution in [0, 0.1) is 0 Å². The van der Waals surface area contributed by atoms with Crippen molar-refractivity contribution in [3.05, 3.63) is 18.3 Å². The zero-order valence-electron chi connectivity index (χ0n) is 6.25. The Labute approximate surface area is 72.9 Å². The molecule has 1 aromatic rings. The van der Waals surface area contributed by atoms with Gasteiger partial charge in [-0.25, -0.2) is 0 Å².